The van der Waals surface area contributed by atoms with Crippen LogP contribution in [0.3, 0.4) is 0 Å². The van der Waals surface area contributed by atoms with Crippen molar-refractivity contribution in [3.05, 3.63) is 17.5 Å². The van der Waals surface area contributed by atoms with Crippen LogP contribution in [0.1, 0.15) is 24.3 Å². The van der Waals surface area contributed by atoms with Crippen LogP contribution in [-0.4, -0.2) is 49.8 Å². The number of rotatable bonds is 5. The molecule has 2 rings (SSSR count). The molecule has 0 aliphatic carbocycles. The van der Waals surface area contributed by atoms with Crippen LogP contribution < -0.4 is 5.32 Å². The zero-order chi connectivity index (χ0) is 14.6. The molecular formula is C14H24ClN3O3. The van der Waals surface area contributed by atoms with Crippen molar-refractivity contribution >= 4 is 18.3 Å². The van der Waals surface area contributed by atoms with Crippen molar-refractivity contribution in [2.24, 2.45) is 5.41 Å². The molecule has 1 aliphatic heterocycles. The van der Waals surface area contributed by atoms with Gasteiger partial charge in [-0.15, -0.1) is 12.4 Å². The van der Waals surface area contributed by atoms with Crippen LogP contribution in [0.25, 0.3) is 0 Å². The third-order valence-corrected chi connectivity index (χ3v) is 3.86. The molecule has 21 heavy (non-hydrogen) atoms. The van der Waals surface area contributed by atoms with Gasteiger partial charge in [0.2, 0.25) is 5.91 Å². The fraction of sp³-hybridized carbons (Fsp3) is 0.714. The number of ether oxygens (including phenoxy) is 1. The van der Waals surface area contributed by atoms with E-state index in [1.807, 2.05) is 20.0 Å². The summed E-state index contributed by atoms with van der Waals surface area (Å²) >= 11 is 0. The van der Waals surface area contributed by atoms with Gasteiger partial charge >= 0.3 is 0 Å². The maximum atomic E-state index is 12.8. The quantitative estimate of drug-likeness (QED) is 0.888. The lowest BCUT2D eigenvalue weighted by Crippen LogP contribution is -2.50. The van der Waals surface area contributed by atoms with Gasteiger partial charge in [0.25, 0.3) is 0 Å². The van der Waals surface area contributed by atoms with Gasteiger partial charge in [-0.25, -0.2) is 0 Å². The number of carbonyl (C=O) groups is 1. The van der Waals surface area contributed by atoms with Crippen molar-refractivity contribution < 1.29 is 14.1 Å². The highest BCUT2D eigenvalue weighted by atomic mass is 35.5. The summed E-state index contributed by atoms with van der Waals surface area (Å²) in [5.41, 5.74) is 0.368. The van der Waals surface area contributed by atoms with E-state index in [0.29, 0.717) is 13.2 Å². The molecule has 6 nitrogen and oxygen atoms in total. The molecule has 7 heteroatoms. The number of aryl methyl sites for hydroxylation is 1. The molecule has 1 aliphatic rings. The summed E-state index contributed by atoms with van der Waals surface area (Å²) in [4.78, 5) is 14.5. The van der Waals surface area contributed by atoms with Gasteiger partial charge in [-0.1, -0.05) is 5.16 Å². The number of amides is 1. The van der Waals surface area contributed by atoms with E-state index < -0.39 is 5.41 Å². The van der Waals surface area contributed by atoms with Crippen LogP contribution in [0.2, 0.25) is 0 Å². The van der Waals surface area contributed by atoms with Gasteiger partial charge in [0.1, 0.15) is 11.5 Å². The first-order chi connectivity index (χ1) is 9.57. The average Bonchev–Trinajstić information content (AvgIpc) is 2.84. The number of aromatic nitrogens is 1. The highest BCUT2D eigenvalue weighted by Gasteiger charge is 2.41. The molecule has 1 aromatic heterocycles. The standard InChI is InChI=1S/C14H23N3O3.ClH/c1-11-8-12(16-20-11)9-17(2)13(18)14(10-19-3)4-6-15-7-5-14;/h8,15H,4-7,9-10H2,1-3H3;1H. The Morgan fingerprint density at radius 2 is 2.19 bits per heavy atom. The van der Waals surface area contributed by atoms with E-state index in [0.717, 1.165) is 37.4 Å². The molecule has 0 aromatic carbocycles. The Hall–Kier alpha value is -1.11. The highest BCUT2D eigenvalue weighted by molar-refractivity contribution is 5.85. The van der Waals surface area contributed by atoms with Crippen LogP contribution in [0.15, 0.2) is 10.6 Å². The Labute approximate surface area is 131 Å². The second kappa shape index (κ2) is 7.77. The highest BCUT2D eigenvalue weighted by Crippen LogP contribution is 2.31. The molecule has 1 N–H and O–H groups in total. The molecule has 1 fully saturated rings. The minimum atomic E-state index is -0.409. The number of nitrogens with zero attached hydrogens (tertiary/aromatic N) is 2. The molecule has 0 saturated carbocycles. The molecule has 1 saturated heterocycles. The van der Waals surface area contributed by atoms with Crippen molar-refractivity contribution in [1.29, 1.82) is 0 Å². The van der Waals surface area contributed by atoms with Gasteiger partial charge in [-0.2, -0.15) is 0 Å². The summed E-state index contributed by atoms with van der Waals surface area (Å²) in [5, 5.41) is 7.23. The molecule has 0 spiro atoms. The SMILES string of the molecule is COCC1(C(=O)N(C)Cc2cc(C)on2)CCNCC1.Cl. The lowest BCUT2D eigenvalue weighted by Gasteiger charge is -2.38. The lowest BCUT2D eigenvalue weighted by atomic mass is 9.78. The van der Waals surface area contributed by atoms with Gasteiger partial charge in [0.05, 0.1) is 18.6 Å². The molecule has 120 valence electrons. The molecule has 1 aromatic rings. The number of methoxy groups -OCH3 is 1. The Bertz CT molecular complexity index is 453. The van der Waals surface area contributed by atoms with Crippen molar-refractivity contribution in [2.75, 3.05) is 33.9 Å². The van der Waals surface area contributed by atoms with E-state index in [9.17, 15) is 4.79 Å². The second-order valence-electron chi connectivity index (χ2n) is 5.55. The third-order valence-electron chi connectivity index (χ3n) is 3.86. The number of carbonyl (C=O) groups excluding carboxylic acids is 1. The topological polar surface area (TPSA) is 67.6 Å². The minimum Gasteiger partial charge on any atom is -0.384 e. The van der Waals surface area contributed by atoms with Crippen molar-refractivity contribution in [2.45, 2.75) is 26.3 Å². The Kier molecular flexibility index (Phi) is 6.64. The first kappa shape index (κ1) is 17.9. The van der Waals surface area contributed by atoms with Crippen LogP contribution in [0, 0.1) is 12.3 Å². The predicted octanol–water partition coefficient (Wildman–Crippen LogP) is 1.38. The monoisotopic (exact) mass is 317 g/mol. The normalized spacial score (nSPS) is 17.1. The molecule has 0 radical (unpaired) electrons. The largest absolute Gasteiger partial charge is 0.384 e. The average molecular weight is 318 g/mol. The molecule has 2 heterocycles. The molecular weight excluding hydrogens is 294 g/mol. The number of nitrogens with one attached hydrogen (secondary N) is 1. The number of hydrogen-bond donors (Lipinski definition) is 1. The zero-order valence-corrected chi connectivity index (χ0v) is 13.7. The summed E-state index contributed by atoms with van der Waals surface area (Å²) in [6.45, 7) is 4.49. The van der Waals surface area contributed by atoms with E-state index in [4.69, 9.17) is 9.26 Å². The minimum absolute atomic E-state index is 0. The zero-order valence-electron chi connectivity index (χ0n) is 12.8. The van der Waals surface area contributed by atoms with Gasteiger partial charge in [-0.3, -0.25) is 4.79 Å². The first-order valence-corrected chi connectivity index (χ1v) is 6.95. The maximum absolute atomic E-state index is 12.8. The van der Waals surface area contributed by atoms with E-state index in [2.05, 4.69) is 10.5 Å². The van der Waals surface area contributed by atoms with Crippen molar-refractivity contribution in [1.82, 2.24) is 15.4 Å². The van der Waals surface area contributed by atoms with Crippen LogP contribution in [0.5, 0.6) is 0 Å². The maximum Gasteiger partial charge on any atom is 0.231 e. The predicted molar refractivity (Wildman–Crippen MR) is 81.4 cm³/mol. The third kappa shape index (κ3) is 4.18. The number of hydrogen-bond acceptors (Lipinski definition) is 5. The van der Waals surface area contributed by atoms with Gasteiger partial charge in [0.15, 0.2) is 0 Å². The second-order valence-corrected chi connectivity index (χ2v) is 5.55. The Balaban J connectivity index is 0.00000220. The van der Waals surface area contributed by atoms with Crippen molar-refractivity contribution in [3.8, 4) is 0 Å². The number of piperidine rings is 1. The van der Waals surface area contributed by atoms with E-state index in [-0.39, 0.29) is 18.3 Å². The Morgan fingerprint density at radius 3 is 2.71 bits per heavy atom. The molecule has 0 bridgehead atoms. The first-order valence-electron chi connectivity index (χ1n) is 6.95. The molecule has 1 amide bonds. The Morgan fingerprint density at radius 1 is 1.52 bits per heavy atom. The molecule has 0 unspecified atom stereocenters. The van der Waals surface area contributed by atoms with Gasteiger partial charge in [-0.05, 0) is 32.9 Å². The summed E-state index contributed by atoms with van der Waals surface area (Å²) in [6.07, 6.45) is 1.61. The van der Waals surface area contributed by atoms with E-state index in [1.165, 1.54) is 0 Å². The van der Waals surface area contributed by atoms with Crippen LogP contribution in [-0.2, 0) is 16.1 Å². The summed E-state index contributed by atoms with van der Waals surface area (Å²) in [6, 6.07) is 1.86. The van der Waals surface area contributed by atoms with E-state index in [1.54, 1.807) is 12.0 Å². The van der Waals surface area contributed by atoms with Crippen LogP contribution >= 0.6 is 12.4 Å². The van der Waals surface area contributed by atoms with Gasteiger partial charge in [0, 0.05) is 20.2 Å². The van der Waals surface area contributed by atoms with Gasteiger partial charge < -0.3 is 19.5 Å². The van der Waals surface area contributed by atoms with E-state index >= 15 is 0 Å². The fourth-order valence-corrected chi connectivity index (χ4v) is 2.81. The summed E-state index contributed by atoms with van der Waals surface area (Å²) in [5.74, 6) is 0.885. The molecule has 0 atom stereocenters. The lowest BCUT2D eigenvalue weighted by molar-refractivity contribution is -0.146. The summed E-state index contributed by atoms with van der Waals surface area (Å²) < 4.78 is 10.3. The van der Waals surface area contributed by atoms with Crippen LogP contribution in [0.4, 0.5) is 0 Å². The smallest absolute Gasteiger partial charge is 0.231 e. The fourth-order valence-electron chi connectivity index (χ4n) is 2.81. The number of halogens is 1. The summed E-state index contributed by atoms with van der Waals surface area (Å²) in [7, 11) is 3.46. The van der Waals surface area contributed by atoms with Crippen molar-refractivity contribution in [3.63, 3.8) is 0 Å².